The average Bonchev–Trinajstić information content (AvgIpc) is 2.25. The van der Waals surface area contributed by atoms with E-state index in [1.54, 1.807) is 0 Å². The van der Waals surface area contributed by atoms with Crippen LogP contribution < -0.4 is 0 Å². The predicted molar refractivity (Wildman–Crippen MR) is 73.2 cm³/mol. The van der Waals surface area contributed by atoms with E-state index in [9.17, 15) is 0 Å². The second-order valence-corrected chi connectivity index (χ2v) is 5.73. The van der Waals surface area contributed by atoms with Crippen molar-refractivity contribution in [3.05, 3.63) is 0 Å². The van der Waals surface area contributed by atoms with E-state index in [1.165, 1.54) is 0 Å². The number of aliphatic hydroxyl groups excluding tert-OH is 2. The van der Waals surface area contributed by atoms with Gasteiger partial charge in [-0.1, -0.05) is 0 Å². The van der Waals surface area contributed by atoms with Crippen LogP contribution in [0.2, 0.25) is 0 Å². The topological polar surface area (TPSA) is 43.7 Å². The quantitative estimate of drug-likeness (QED) is 0.581. The summed E-state index contributed by atoms with van der Waals surface area (Å²) in [6.45, 7) is 9.62. The highest BCUT2D eigenvalue weighted by Crippen LogP contribution is 2.15. The van der Waals surface area contributed by atoms with Crippen LogP contribution in [0.5, 0.6) is 0 Å². The highest BCUT2D eigenvalue weighted by molar-refractivity contribution is 4.76. The summed E-state index contributed by atoms with van der Waals surface area (Å²) >= 11 is 0. The van der Waals surface area contributed by atoms with Crippen molar-refractivity contribution < 1.29 is 10.2 Å². The molecule has 0 fully saturated rings. The average molecular weight is 245 g/mol. The molecular weight excluding hydrogens is 214 g/mol. The first-order valence-corrected chi connectivity index (χ1v) is 6.99. The molecule has 104 valence electrons. The van der Waals surface area contributed by atoms with E-state index < -0.39 is 0 Å². The van der Waals surface area contributed by atoms with Crippen molar-refractivity contribution in [2.45, 2.75) is 64.8 Å². The van der Waals surface area contributed by atoms with Crippen LogP contribution in [-0.4, -0.2) is 47.0 Å². The molecule has 0 radical (unpaired) electrons. The molecule has 0 spiro atoms. The molecule has 3 heteroatoms. The summed E-state index contributed by atoms with van der Waals surface area (Å²) in [6.07, 6.45) is 6.39. The van der Waals surface area contributed by atoms with Crippen molar-refractivity contribution in [3.8, 4) is 0 Å². The fourth-order valence-corrected chi connectivity index (χ4v) is 1.97. The van der Waals surface area contributed by atoms with Gasteiger partial charge in [0.2, 0.25) is 0 Å². The molecule has 0 bridgehead atoms. The minimum atomic E-state index is 0.221. The second-order valence-electron chi connectivity index (χ2n) is 5.73. The van der Waals surface area contributed by atoms with Crippen LogP contribution in [0.15, 0.2) is 0 Å². The molecule has 2 N–H and O–H groups in total. The number of hydrogen-bond donors (Lipinski definition) is 2. The third-order valence-electron chi connectivity index (χ3n) is 3.12. The van der Waals surface area contributed by atoms with E-state index in [4.69, 9.17) is 10.2 Å². The van der Waals surface area contributed by atoms with Crippen molar-refractivity contribution in [1.29, 1.82) is 0 Å². The molecule has 0 saturated carbocycles. The number of rotatable bonds is 10. The minimum Gasteiger partial charge on any atom is -0.396 e. The van der Waals surface area contributed by atoms with Crippen LogP contribution in [0.4, 0.5) is 0 Å². The Morgan fingerprint density at radius 3 is 1.41 bits per heavy atom. The molecule has 0 aromatic rings. The molecule has 0 aliphatic heterocycles. The highest BCUT2D eigenvalue weighted by Gasteiger charge is 2.19. The number of nitrogens with zero attached hydrogens (tertiary/aromatic N) is 1. The first-order valence-electron chi connectivity index (χ1n) is 6.99. The van der Waals surface area contributed by atoms with Gasteiger partial charge in [-0.3, -0.25) is 4.90 Å². The Bertz CT molecular complexity index is 154. The number of hydrogen-bond acceptors (Lipinski definition) is 3. The third-order valence-corrected chi connectivity index (χ3v) is 3.12. The third kappa shape index (κ3) is 9.57. The van der Waals surface area contributed by atoms with Crippen LogP contribution in [0.25, 0.3) is 0 Å². The molecule has 0 aromatic heterocycles. The molecular formula is C14H31NO2. The molecule has 3 nitrogen and oxygen atoms in total. The number of aliphatic hydroxyl groups is 2. The second kappa shape index (κ2) is 9.86. The Labute approximate surface area is 107 Å². The Morgan fingerprint density at radius 2 is 1.12 bits per heavy atom. The zero-order chi connectivity index (χ0) is 13.1. The zero-order valence-electron chi connectivity index (χ0n) is 11.9. The zero-order valence-corrected chi connectivity index (χ0v) is 11.9. The summed E-state index contributed by atoms with van der Waals surface area (Å²) in [5.74, 6) is 0. The summed E-state index contributed by atoms with van der Waals surface area (Å²) in [7, 11) is 0. The van der Waals surface area contributed by atoms with E-state index >= 15 is 0 Å². The Balaban J connectivity index is 3.81. The van der Waals surface area contributed by atoms with Crippen LogP contribution in [0.1, 0.15) is 59.3 Å². The standard InChI is InChI=1S/C14H31NO2/c1-14(2,3)15(10-6-4-8-12-16)11-7-5-9-13-17/h16-17H,4-13H2,1-3H3. The van der Waals surface area contributed by atoms with Gasteiger partial charge in [0.15, 0.2) is 0 Å². The van der Waals surface area contributed by atoms with Gasteiger partial charge in [-0.05, 0) is 72.4 Å². The maximum absolute atomic E-state index is 8.75. The van der Waals surface area contributed by atoms with Gasteiger partial charge in [-0.2, -0.15) is 0 Å². The van der Waals surface area contributed by atoms with E-state index in [0.717, 1.165) is 51.6 Å². The van der Waals surface area contributed by atoms with E-state index in [-0.39, 0.29) is 5.54 Å². The Hall–Kier alpha value is -0.120. The van der Waals surface area contributed by atoms with Crippen LogP contribution in [-0.2, 0) is 0 Å². The minimum absolute atomic E-state index is 0.221. The largest absolute Gasteiger partial charge is 0.396 e. The predicted octanol–water partition coefficient (Wildman–Crippen LogP) is 2.41. The molecule has 0 heterocycles. The van der Waals surface area contributed by atoms with Crippen molar-refractivity contribution in [2.24, 2.45) is 0 Å². The molecule has 0 atom stereocenters. The monoisotopic (exact) mass is 245 g/mol. The van der Waals surface area contributed by atoms with Crippen molar-refractivity contribution in [1.82, 2.24) is 4.90 Å². The lowest BCUT2D eigenvalue weighted by Crippen LogP contribution is -2.42. The lowest BCUT2D eigenvalue weighted by Gasteiger charge is -2.35. The summed E-state index contributed by atoms with van der Waals surface area (Å²) < 4.78 is 0. The van der Waals surface area contributed by atoms with Crippen molar-refractivity contribution >= 4 is 0 Å². The molecule has 0 aromatic carbocycles. The maximum atomic E-state index is 8.75. The lowest BCUT2D eigenvalue weighted by molar-refractivity contribution is 0.128. The Kier molecular flexibility index (Phi) is 9.79. The number of unbranched alkanes of at least 4 members (excludes halogenated alkanes) is 4. The molecule has 0 saturated heterocycles. The summed E-state index contributed by atoms with van der Waals surface area (Å²) in [5.41, 5.74) is 0.221. The summed E-state index contributed by atoms with van der Waals surface area (Å²) in [6, 6.07) is 0. The van der Waals surface area contributed by atoms with Crippen LogP contribution >= 0.6 is 0 Å². The maximum Gasteiger partial charge on any atom is 0.0431 e. The Morgan fingerprint density at radius 1 is 0.706 bits per heavy atom. The molecule has 0 unspecified atom stereocenters. The van der Waals surface area contributed by atoms with Gasteiger partial charge in [0, 0.05) is 18.8 Å². The smallest absolute Gasteiger partial charge is 0.0431 e. The van der Waals surface area contributed by atoms with E-state index in [0.29, 0.717) is 13.2 Å². The van der Waals surface area contributed by atoms with Gasteiger partial charge < -0.3 is 10.2 Å². The fourth-order valence-electron chi connectivity index (χ4n) is 1.97. The molecule has 0 aliphatic carbocycles. The lowest BCUT2D eigenvalue weighted by atomic mass is 10.0. The summed E-state index contributed by atoms with van der Waals surface area (Å²) in [4.78, 5) is 2.52. The van der Waals surface area contributed by atoms with Gasteiger partial charge in [0.1, 0.15) is 0 Å². The van der Waals surface area contributed by atoms with Crippen molar-refractivity contribution in [3.63, 3.8) is 0 Å². The van der Waals surface area contributed by atoms with E-state index in [2.05, 4.69) is 25.7 Å². The van der Waals surface area contributed by atoms with Gasteiger partial charge in [0.05, 0.1) is 0 Å². The van der Waals surface area contributed by atoms with Crippen LogP contribution in [0, 0.1) is 0 Å². The first-order chi connectivity index (χ1) is 8.02. The molecule has 0 aliphatic rings. The summed E-state index contributed by atoms with van der Waals surface area (Å²) in [5, 5.41) is 17.5. The SMILES string of the molecule is CC(C)(C)N(CCCCCO)CCCCCO. The van der Waals surface area contributed by atoms with E-state index in [1.807, 2.05) is 0 Å². The van der Waals surface area contributed by atoms with Gasteiger partial charge in [-0.25, -0.2) is 0 Å². The fraction of sp³-hybridized carbons (Fsp3) is 1.00. The van der Waals surface area contributed by atoms with Gasteiger partial charge >= 0.3 is 0 Å². The molecule has 17 heavy (non-hydrogen) atoms. The first kappa shape index (κ1) is 16.9. The van der Waals surface area contributed by atoms with Gasteiger partial charge in [-0.15, -0.1) is 0 Å². The van der Waals surface area contributed by atoms with Crippen molar-refractivity contribution in [2.75, 3.05) is 26.3 Å². The molecule has 0 amide bonds. The van der Waals surface area contributed by atoms with Crippen LogP contribution in [0.3, 0.4) is 0 Å². The van der Waals surface area contributed by atoms with Gasteiger partial charge in [0.25, 0.3) is 0 Å². The normalized spacial score (nSPS) is 12.4. The highest BCUT2D eigenvalue weighted by atomic mass is 16.3. The molecule has 0 rings (SSSR count).